The molecule has 1 aromatic heterocycles. The van der Waals surface area contributed by atoms with Crippen molar-refractivity contribution in [2.75, 3.05) is 6.61 Å². The van der Waals surface area contributed by atoms with Crippen molar-refractivity contribution in [1.82, 2.24) is 14.8 Å². The van der Waals surface area contributed by atoms with E-state index < -0.39 is 0 Å². The van der Waals surface area contributed by atoms with Crippen LogP contribution in [0, 0.1) is 4.77 Å². The molecule has 0 saturated carbocycles. The van der Waals surface area contributed by atoms with Crippen LogP contribution in [0.15, 0.2) is 24.3 Å². The molecule has 100 valence electrons. The number of nitrogens with zero attached hydrogens (tertiary/aromatic N) is 2. The minimum absolute atomic E-state index is 0.250. The molecule has 19 heavy (non-hydrogen) atoms. The van der Waals surface area contributed by atoms with Gasteiger partial charge in [0.15, 0.2) is 4.77 Å². The largest absolute Gasteiger partial charge is 0.493 e. The predicted molar refractivity (Wildman–Crippen MR) is 76.2 cm³/mol. The molecule has 2 heterocycles. The van der Waals surface area contributed by atoms with Gasteiger partial charge in [0.2, 0.25) is 0 Å². The number of aromatic nitrogens is 3. The van der Waals surface area contributed by atoms with Crippen LogP contribution in [0.5, 0.6) is 5.75 Å². The van der Waals surface area contributed by atoms with Crippen molar-refractivity contribution >= 4 is 12.2 Å². The Morgan fingerprint density at radius 2 is 2.21 bits per heavy atom. The van der Waals surface area contributed by atoms with Crippen LogP contribution >= 0.6 is 12.2 Å². The van der Waals surface area contributed by atoms with Crippen molar-refractivity contribution in [3.05, 3.63) is 40.4 Å². The van der Waals surface area contributed by atoms with Gasteiger partial charge >= 0.3 is 0 Å². The predicted octanol–water partition coefficient (Wildman–Crippen LogP) is 3.44. The summed E-state index contributed by atoms with van der Waals surface area (Å²) in [6.45, 7) is 4.97. The first kappa shape index (κ1) is 12.4. The molecule has 3 rings (SSSR count). The van der Waals surface area contributed by atoms with Gasteiger partial charge in [-0.25, -0.2) is 0 Å². The number of benzene rings is 1. The number of hydrogen-bond donors (Lipinski definition) is 1. The molecule has 4 nitrogen and oxygen atoms in total. The smallest absolute Gasteiger partial charge is 0.195 e. The number of rotatable bonds is 2. The average Bonchev–Trinajstić information content (AvgIpc) is 2.80. The van der Waals surface area contributed by atoms with E-state index in [-0.39, 0.29) is 5.92 Å². The zero-order chi connectivity index (χ0) is 13.4. The molecule has 1 N–H and O–H groups in total. The Labute approximate surface area is 117 Å². The molecule has 0 spiro atoms. The zero-order valence-corrected chi connectivity index (χ0v) is 11.9. The second-order valence-electron chi connectivity index (χ2n) is 5.08. The number of hydrogen-bond acceptors (Lipinski definition) is 3. The molecular formula is C14H17N3OS. The van der Waals surface area contributed by atoms with Crippen LogP contribution in [0.25, 0.3) is 0 Å². The lowest BCUT2D eigenvalue weighted by Gasteiger charge is -2.26. The molecule has 2 aromatic rings. The van der Waals surface area contributed by atoms with Gasteiger partial charge in [-0.05, 0) is 38.6 Å². The summed E-state index contributed by atoms with van der Waals surface area (Å²) in [5.41, 5.74) is 1.20. The molecule has 1 aliphatic rings. The van der Waals surface area contributed by atoms with E-state index in [0.29, 0.717) is 10.8 Å². The van der Waals surface area contributed by atoms with Crippen LogP contribution in [0.1, 0.15) is 43.6 Å². The fourth-order valence-electron chi connectivity index (χ4n) is 2.67. The van der Waals surface area contributed by atoms with E-state index in [4.69, 9.17) is 17.0 Å². The molecular weight excluding hydrogens is 258 g/mol. The summed E-state index contributed by atoms with van der Waals surface area (Å²) in [4.78, 5) is 0. The fourth-order valence-corrected chi connectivity index (χ4v) is 3.02. The fraction of sp³-hybridized carbons (Fsp3) is 0.429. The van der Waals surface area contributed by atoms with E-state index in [9.17, 15) is 0 Å². The topological polar surface area (TPSA) is 42.8 Å². The van der Waals surface area contributed by atoms with E-state index in [0.717, 1.165) is 24.6 Å². The van der Waals surface area contributed by atoms with E-state index in [1.807, 2.05) is 18.2 Å². The Kier molecular flexibility index (Phi) is 3.14. The third-order valence-corrected chi connectivity index (χ3v) is 3.81. The van der Waals surface area contributed by atoms with Crippen molar-refractivity contribution in [3.8, 4) is 5.75 Å². The van der Waals surface area contributed by atoms with Gasteiger partial charge in [0, 0.05) is 11.6 Å². The Morgan fingerprint density at radius 1 is 1.42 bits per heavy atom. The summed E-state index contributed by atoms with van der Waals surface area (Å²) in [5, 5.41) is 7.37. The number of para-hydroxylation sites is 1. The van der Waals surface area contributed by atoms with Gasteiger partial charge in [-0.2, -0.15) is 5.10 Å². The Hall–Kier alpha value is -1.62. The highest BCUT2D eigenvalue weighted by Gasteiger charge is 2.27. The van der Waals surface area contributed by atoms with Crippen molar-refractivity contribution in [3.63, 3.8) is 0 Å². The van der Waals surface area contributed by atoms with Gasteiger partial charge in [0.25, 0.3) is 0 Å². The quantitative estimate of drug-likeness (QED) is 0.854. The number of nitrogens with one attached hydrogen (secondary N) is 1. The van der Waals surface area contributed by atoms with Crippen molar-refractivity contribution in [2.45, 2.75) is 32.2 Å². The monoisotopic (exact) mass is 275 g/mol. The van der Waals surface area contributed by atoms with E-state index >= 15 is 0 Å². The van der Waals surface area contributed by atoms with Gasteiger partial charge in [0.05, 0.1) is 12.5 Å². The normalized spacial score (nSPS) is 18.2. The molecule has 0 fully saturated rings. The van der Waals surface area contributed by atoms with Crippen molar-refractivity contribution in [2.24, 2.45) is 0 Å². The lowest BCUT2D eigenvalue weighted by atomic mass is 9.92. The molecule has 5 heteroatoms. The van der Waals surface area contributed by atoms with Crippen molar-refractivity contribution < 1.29 is 4.74 Å². The number of H-pyrrole nitrogens is 1. The van der Waals surface area contributed by atoms with Crippen LogP contribution in [0.4, 0.5) is 0 Å². The minimum Gasteiger partial charge on any atom is -0.493 e. The highest BCUT2D eigenvalue weighted by Crippen LogP contribution is 2.37. The summed E-state index contributed by atoms with van der Waals surface area (Å²) in [7, 11) is 0. The van der Waals surface area contributed by atoms with E-state index in [1.54, 1.807) is 0 Å². The first-order valence-corrected chi connectivity index (χ1v) is 6.98. The first-order valence-electron chi connectivity index (χ1n) is 6.57. The summed E-state index contributed by atoms with van der Waals surface area (Å²) in [5.74, 6) is 2.22. The Morgan fingerprint density at radius 3 is 3.00 bits per heavy atom. The summed E-state index contributed by atoms with van der Waals surface area (Å²) >= 11 is 5.33. The molecule has 0 saturated heterocycles. The molecule has 1 aliphatic heterocycles. The highest BCUT2D eigenvalue weighted by atomic mass is 32.1. The number of aromatic amines is 1. The number of fused-ring (bicyclic) bond motifs is 1. The third kappa shape index (κ3) is 2.08. The zero-order valence-electron chi connectivity index (χ0n) is 11.1. The van der Waals surface area contributed by atoms with Crippen LogP contribution in [-0.4, -0.2) is 21.4 Å². The molecule has 1 aromatic carbocycles. The van der Waals surface area contributed by atoms with E-state index in [2.05, 4.69) is 34.7 Å². The third-order valence-electron chi connectivity index (χ3n) is 3.52. The minimum atomic E-state index is 0.250. The molecule has 0 bridgehead atoms. The van der Waals surface area contributed by atoms with Gasteiger partial charge in [-0.3, -0.25) is 5.10 Å². The summed E-state index contributed by atoms with van der Waals surface area (Å²) in [6.07, 6.45) is 0.934. The Bertz CT molecular complexity index is 644. The van der Waals surface area contributed by atoms with E-state index in [1.165, 1.54) is 5.56 Å². The van der Waals surface area contributed by atoms with Gasteiger partial charge in [0.1, 0.15) is 11.6 Å². The van der Waals surface area contributed by atoms with Crippen molar-refractivity contribution in [1.29, 1.82) is 0 Å². The summed E-state index contributed by atoms with van der Waals surface area (Å²) < 4.78 is 8.50. The standard InChI is InChI=1S/C14H17N3OS/c1-9(2)17-13(15-16-14(17)19)11-7-8-18-12-6-4-3-5-10(11)12/h3-6,9,11H,7-8H2,1-2H3,(H,16,19). The molecule has 0 amide bonds. The average molecular weight is 275 g/mol. The second kappa shape index (κ2) is 4.81. The van der Waals surface area contributed by atoms with Gasteiger partial charge < -0.3 is 9.30 Å². The molecule has 1 unspecified atom stereocenters. The van der Waals surface area contributed by atoms with Crippen LogP contribution in [0.3, 0.4) is 0 Å². The van der Waals surface area contributed by atoms with Crippen LogP contribution in [0.2, 0.25) is 0 Å². The Balaban J connectivity index is 2.12. The number of ether oxygens (including phenoxy) is 1. The van der Waals surface area contributed by atoms with Gasteiger partial charge in [-0.1, -0.05) is 18.2 Å². The first-order chi connectivity index (χ1) is 9.18. The highest BCUT2D eigenvalue weighted by molar-refractivity contribution is 7.71. The van der Waals surface area contributed by atoms with Gasteiger partial charge in [-0.15, -0.1) is 0 Å². The molecule has 0 radical (unpaired) electrons. The second-order valence-corrected chi connectivity index (χ2v) is 5.46. The SMILES string of the molecule is CC(C)n1c(C2CCOc3ccccc32)n[nH]c1=S. The maximum atomic E-state index is 5.71. The molecule has 1 atom stereocenters. The maximum absolute atomic E-state index is 5.71. The maximum Gasteiger partial charge on any atom is 0.195 e. The lowest BCUT2D eigenvalue weighted by molar-refractivity contribution is 0.272. The molecule has 0 aliphatic carbocycles. The van der Waals surface area contributed by atoms with Crippen LogP contribution < -0.4 is 4.74 Å². The lowest BCUT2D eigenvalue weighted by Crippen LogP contribution is -2.19. The summed E-state index contributed by atoms with van der Waals surface area (Å²) in [6, 6.07) is 8.47. The van der Waals surface area contributed by atoms with Crippen LogP contribution in [-0.2, 0) is 0 Å².